The Kier molecular flexibility index (Phi) is 7.83. The van der Waals surface area contributed by atoms with Gasteiger partial charge in [0.05, 0.1) is 24.2 Å². The minimum atomic E-state index is -0.943. The summed E-state index contributed by atoms with van der Waals surface area (Å²) in [5.41, 5.74) is 2.79. The van der Waals surface area contributed by atoms with Crippen LogP contribution in [0.3, 0.4) is 0 Å². The van der Waals surface area contributed by atoms with Gasteiger partial charge in [-0.15, -0.1) is 0 Å². The molecule has 2 saturated carbocycles. The Hall–Kier alpha value is -3.67. The predicted octanol–water partition coefficient (Wildman–Crippen LogP) is 4.56. The number of nitrogens with zero attached hydrogens (tertiary/aromatic N) is 4. The number of rotatable bonds is 8. The molecule has 1 atom stereocenters. The lowest BCUT2D eigenvalue weighted by atomic mass is 9.87. The number of fused-ring (bicyclic) bond motifs is 1. The van der Waals surface area contributed by atoms with E-state index in [1.54, 1.807) is 0 Å². The Morgan fingerprint density at radius 2 is 1.81 bits per heavy atom. The van der Waals surface area contributed by atoms with Gasteiger partial charge in [-0.3, -0.25) is 14.3 Å². The molecule has 0 unspecified atom stereocenters. The zero-order chi connectivity index (χ0) is 25.6. The molecule has 2 aliphatic rings. The van der Waals surface area contributed by atoms with Crippen LogP contribution in [-0.4, -0.2) is 39.2 Å². The van der Waals surface area contributed by atoms with Gasteiger partial charge in [-0.2, -0.15) is 10.4 Å². The van der Waals surface area contributed by atoms with Crippen molar-refractivity contribution in [3.8, 4) is 6.07 Å². The maximum Gasteiger partial charge on any atom is 0.270 e. The fourth-order valence-electron chi connectivity index (χ4n) is 5.66. The minimum Gasteiger partial charge on any atom is -0.441 e. The number of amides is 2. The molecule has 0 radical (unpaired) electrons. The van der Waals surface area contributed by atoms with Gasteiger partial charge >= 0.3 is 0 Å². The van der Waals surface area contributed by atoms with E-state index in [0.29, 0.717) is 28.6 Å². The highest BCUT2D eigenvalue weighted by atomic mass is 16.3. The second kappa shape index (κ2) is 11.6. The number of oxazole rings is 1. The number of hydrogen-bond acceptors (Lipinski definition) is 6. The summed E-state index contributed by atoms with van der Waals surface area (Å²) in [6, 6.07) is 10.5. The Morgan fingerprint density at radius 3 is 2.54 bits per heavy atom. The molecule has 2 N–H and O–H groups in total. The number of para-hydroxylation sites is 2. The number of benzene rings is 1. The highest BCUT2D eigenvalue weighted by Crippen LogP contribution is 2.35. The topological polar surface area (TPSA) is 126 Å². The first kappa shape index (κ1) is 25.0. The van der Waals surface area contributed by atoms with Gasteiger partial charge in [0.1, 0.15) is 23.8 Å². The Labute approximate surface area is 216 Å². The molecule has 0 spiro atoms. The number of carbonyl (C=O) groups is 2. The number of carbonyl (C=O) groups excluding carboxylic acids is 2. The zero-order valence-corrected chi connectivity index (χ0v) is 21.1. The lowest BCUT2D eigenvalue weighted by Crippen LogP contribution is -2.48. The van der Waals surface area contributed by atoms with Gasteiger partial charge in [0.15, 0.2) is 11.5 Å². The molecule has 0 aliphatic heterocycles. The van der Waals surface area contributed by atoms with Crippen LogP contribution in [0, 0.1) is 11.3 Å². The van der Waals surface area contributed by atoms with Crippen molar-refractivity contribution in [2.75, 3.05) is 6.54 Å². The van der Waals surface area contributed by atoms with Gasteiger partial charge in [0.25, 0.3) is 5.91 Å². The van der Waals surface area contributed by atoms with Crippen LogP contribution in [-0.2, 0) is 11.2 Å². The second-order valence-electron chi connectivity index (χ2n) is 10.2. The molecule has 9 heteroatoms. The van der Waals surface area contributed by atoms with Gasteiger partial charge in [0, 0.05) is 5.92 Å². The van der Waals surface area contributed by atoms with E-state index in [0.717, 1.165) is 44.2 Å². The van der Waals surface area contributed by atoms with Gasteiger partial charge < -0.3 is 15.1 Å². The molecular formula is C28H34N6O3. The lowest BCUT2D eigenvalue weighted by molar-refractivity contribution is -0.122. The van der Waals surface area contributed by atoms with E-state index >= 15 is 0 Å². The summed E-state index contributed by atoms with van der Waals surface area (Å²) in [6.45, 7) is -0.148. The fraction of sp³-hybridized carbons (Fsp3) is 0.536. The first-order valence-corrected chi connectivity index (χ1v) is 13.5. The van der Waals surface area contributed by atoms with E-state index in [2.05, 4.69) is 15.6 Å². The molecule has 1 aromatic carbocycles. The zero-order valence-electron chi connectivity index (χ0n) is 21.1. The van der Waals surface area contributed by atoms with E-state index in [9.17, 15) is 9.59 Å². The van der Waals surface area contributed by atoms with E-state index in [1.165, 1.54) is 25.7 Å². The van der Waals surface area contributed by atoms with E-state index in [4.69, 9.17) is 14.8 Å². The SMILES string of the molecule is N#CCNC(=O)[C@H](Cc1nc2ccccc2o1)NC(=O)c1cc(C2CCCCC2)nn1C1CCCCC1. The molecule has 2 amide bonds. The summed E-state index contributed by atoms with van der Waals surface area (Å²) in [5.74, 6) is -0.0661. The third kappa shape index (κ3) is 5.85. The van der Waals surface area contributed by atoms with Crippen LogP contribution in [0.5, 0.6) is 0 Å². The van der Waals surface area contributed by atoms with Gasteiger partial charge in [-0.25, -0.2) is 4.98 Å². The second-order valence-corrected chi connectivity index (χ2v) is 10.2. The van der Waals surface area contributed by atoms with Gasteiger partial charge in [0.2, 0.25) is 5.91 Å². The molecule has 0 bridgehead atoms. The Balaban J connectivity index is 1.41. The lowest BCUT2D eigenvalue weighted by Gasteiger charge is -2.24. The van der Waals surface area contributed by atoms with Crippen molar-refractivity contribution in [2.24, 2.45) is 0 Å². The molecule has 0 saturated heterocycles. The van der Waals surface area contributed by atoms with E-state index < -0.39 is 11.9 Å². The monoisotopic (exact) mass is 502 g/mol. The first-order chi connectivity index (χ1) is 18.1. The standard InChI is InChI=1S/C28H34N6O3/c29-15-16-30-27(35)23(18-26-31-21-13-7-8-14-25(21)37-26)32-28(36)24-17-22(19-9-3-1-4-10-19)33-34(24)20-11-5-2-6-12-20/h7-8,13-14,17,19-20,23H,1-6,9-12,16,18H2,(H,30,35)(H,32,36)/t23-/m0/s1. The van der Waals surface area contributed by atoms with Crippen molar-refractivity contribution in [3.05, 3.63) is 47.6 Å². The molecule has 2 aromatic heterocycles. The van der Waals surface area contributed by atoms with Crippen LogP contribution in [0.25, 0.3) is 11.1 Å². The van der Waals surface area contributed by atoms with Crippen molar-refractivity contribution in [1.29, 1.82) is 5.26 Å². The molecule has 9 nitrogen and oxygen atoms in total. The van der Waals surface area contributed by atoms with Crippen molar-refractivity contribution in [3.63, 3.8) is 0 Å². The number of hydrogen-bond donors (Lipinski definition) is 2. The molecular weight excluding hydrogens is 468 g/mol. The first-order valence-electron chi connectivity index (χ1n) is 13.5. The largest absolute Gasteiger partial charge is 0.441 e. The molecule has 2 aliphatic carbocycles. The third-order valence-corrected chi connectivity index (χ3v) is 7.61. The van der Waals surface area contributed by atoms with Crippen LogP contribution in [0.1, 0.15) is 98.2 Å². The molecule has 2 fully saturated rings. The maximum absolute atomic E-state index is 13.7. The number of aromatic nitrogens is 3. The quantitative estimate of drug-likeness (QED) is 0.435. The fourth-order valence-corrected chi connectivity index (χ4v) is 5.66. The summed E-state index contributed by atoms with van der Waals surface area (Å²) in [4.78, 5) is 31.1. The molecule has 37 heavy (non-hydrogen) atoms. The highest BCUT2D eigenvalue weighted by Gasteiger charge is 2.30. The van der Waals surface area contributed by atoms with Crippen molar-refractivity contribution in [2.45, 2.75) is 88.6 Å². The summed E-state index contributed by atoms with van der Waals surface area (Å²) in [6.07, 6.45) is 11.4. The Morgan fingerprint density at radius 1 is 1.08 bits per heavy atom. The van der Waals surface area contributed by atoms with Crippen LogP contribution in [0.2, 0.25) is 0 Å². The van der Waals surface area contributed by atoms with Crippen molar-refractivity contribution < 1.29 is 14.0 Å². The molecule has 3 aromatic rings. The summed E-state index contributed by atoms with van der Waals surface area (Å²) < 4.78 is 7.74. The maximum atomic E-state index is 13.7. The van der Waals surface area contributed by atoms with Gasteiger partial charge in [-0.1, -0.05) is 50.7 Å². The van der Waals surface area contributed by atoms with Crippen LogP contribution < -0.4 is 10.6 Å². The highest BCUT2D eigenvalue weighted by molar-refractivity contribution is 5.96. The normalized spacial score (nSPS) is 17.8. The van der Waals surface area contributed by atoms with E-state index in [1.807, 2.05) is 41.1 Å². The van der Waals surface area contributed by atoms with Gasteiger partial charge in [-0.05, 0) is 43.9 Å². The summed E-state index contributed by atoms with van der Waals surface area (Å²) in [7, 11) is 0. The predicted molar refractivity (Wildman–Crippen MR) is 138 cm³/mol. The number of nitrogens with one attached hydrogen (secondary N) is 2. The van der Waals surface area contributed by atoms with Crippen molar-refractivity contribution in [1.82, 2.24) is 25.4 Å². The average Bonchev–Trinajstić information content (AvgIpc) is 3.57. The molecule has 2 heterocycles. The number of nitriles is 1. The Bertz CT molecular complexity index is 1240. The minimum absolute atomic E-state index is 0.0741. The summed E-state index contributed by atoms with van der Waals surface area (Å²) >= 11 is 0. The third-order valence-electron chi connectivity index (χ3n) is 7.61. The van der Waals surface area contributed by atoms with Crippen LogP contribution in [0.15, 0.2) is 34.7 Å². The average molecular weight is 503 g/mol. The van der Waals surface area contributed by atoms with E-state index in [-0.39, 0.29) is 24.9 Å². The molecule has 5 rings (SSSR count). The van der Waals surface area contributed by atoms with Crippen LogP contribution in [0.4, 0.5) is 0 Å². The van der Waals surface area contributed by atoms with Crippen LogP contribution >= 0.6 is 0 Å². The summed E-state index contributed by atoms with van der Waals surface area (Å²) in [5, 5.41) is 19.4. The smallest absolute Gasteiger partial charge is 0.270 e. The molecule has 194 valence electrons. The van der Waals surface area contributed by atoms with Crippen molar-refractivity contribution >= 4 is 22.9 Å².